The molecule has 1 N–H and O–H groups in total. The van der Waals surface area contributed by atoms with E-state index in [1.165, 1.54) is 5.56 Å². The SMILES string of the molecule is Cn1cc(N2C[C@H](C(=O)NCCc3ccccc3)CC2=O)cn1. The molecule has 1 fully saturated rings. The van der Waals surface area contributed by atoms with Crippen LogP contribution < -0.4 is 10.2 Å². The van der Waals surface area contributed by atoms with E-state index in [2.05, 4.69) is 10.4 Å². The second-order valence-electron chi connectivity index (χ2n) is 5.80. The zero-order valence-electron chi connectivity index (χ0n) is 13.1. The molecule has 1 aromatic heterocycles. The first kappa shape index (κ1) is 15.3. The van der Waals surface area contributed by atoms with Crippen LogP contribution in [-0.2, 0) is 23.1 Å². The Morgan fingerprint density at radius 2 is 2.13 bits per heavy atom. The molecule has 0 radical (unpaired) electrons. The van der Waals surface area contributed by atoms with E-state index >= 15 is 0 Å². The fraction of sp³-hybridized carbons (Fsp3) is 0.353. The Morgan fingerprint density at radius 1 is 1.35 bits per heavy atom. The maximum absolute atomic E-state index is 12.3. The maximum Gasteiger partial charge on any atom is 0.227 e. The molecule has 1 aromatic carbocycles. The molecular weight excluding hydrogens is 292 g/mol. The second-order valence-corrected chi connectivity index (χ2v) is 5.80. The molecule has 120 valence electrons. The molecule has 3 rings (SSSR count). The fourth-order valence-corrected chi connectivity index (χ4v) is 2.80. The van der Waals surface area contributed by atoms with Gasteiger partial charge in [-0.15, -0.1) is 0 Å². The van der Waals surface area contributed by atoms with Crippen LogP contribution in [0.1, 0.15) is 12.0 Å². The van der Waals surface area contributed by atoms with Gasteiger partial charge in [0.15, 0.2) is 0 Å². The van der Waals surface area contributed by atoms with Gasteiger partial charge in [0, 0.05) is 32.8 Å². The Morgan fingerprint density at radius 3 is 2.83 bits per heavy atom. The number of aromatic nitrogens is 2. The summed E-state index contributed by atoms with van der Waals surface area (Å²) in [5.41, 5.74) is 1.93. The Labute approximate surface area is 135 Å². The number of carbonyl (C=O) groups excluding carboxylic acids is 2. The monoisotopic (exact) mass is 312 g/mol. The lowest BCUT2D eigenvalue weighted by Crippen LogP contribution is -2.34. The third-order valence-electron chi connectivity index (χ3n) is 4.05. The zero-order chi connectivity index (χ0) is 16.2. The Bertz CT molecular complexity index is 696. The van der Waals surface area contributed by atoms with Crippen molar-refractivity contribution in [2.24, 2.45) is 13.0 Å². The highest BCUT2D eigenvalue weighted by atomic mass is 16.2. The lowest BCUT2D eigenvalue weighted by molar-refractivity contribution is -0.126. The molecule has 6 heteroatoms. The van der Waals surface area contributed by atoms with Gasteiger partial charge < -0.3 is 10.2 Å². The number of nitrogens with one attached hydrogen (secondary N) is 1. The number of carbonyl (C=O) groups is 2. The van der Waals surface area contributed by atoms with Gasteiger partial charge in [-0.1, -0.05) is 30.3 Å². The number of rotatable bonds is 5. The Balaban J connectivity index is 1.51. The van der Waals surface area contributed by atoms with Crippen LogP contribution >= 0.6 is 0 Å². The minimum atomic E-state index is -0.293. The third-order valence-corrected chi connectivity index (χ3v) is 4.05. The van der Waals surface area contributed by atoms with E-state index < -0.39 is 0 Å². The van der Waals surface area contributed by atoms with E-state index in [-0.39, 0.29) is 24.2 Å². The van der Waals surface area contributed by atoms with Gasteiger partial charge in [0.05, 0.1) is 17.8 Å². The predicted molar refractivity (Wildman–Crippen MR) is 86.8 cm³/mol. The number of anilines is 1. The molecule has 1 aliphatic rings. The predicted octanol–water partition coefficient (Wildman–Crippen LogP) is 1.13. The zero-order valence-corrected chi connectivity index (χ0v) is 13.1. The largest absolute Gasteiger partial charge is 0.355 e. The van der Waals surface area contributed by atoms with Crippen molar-refractivity contribution in [3.05, 3.63) is 48.3 Å². The average Bonchev–Trinajstić information content (AvgIpc) is 3.14. The third kappa shape index (κ3) is 3.59. The molecule has 2 aromatic rings. The fourth-order valence-electron chi connectivity index (χ4n) is 2.80. The molecule has 1 aliphatic heterocycles. The molecule has 0 spiro atoms. The van der Waals surface area contributed by atoms with Crippen LogP contribution in [-0.4, -0.2) is 34.7 Å². The van der Waals surface area contributed by atoms with Crippen molar-refractivity contribution in [1.29, 1.82) is 0 Å². The minimum absolute atomic E-state index is 0.0267. The van der Waals surface area contributed by atoms with E-state index in [0.29, 0.717) is 13.1 Å². The molecule has 0 unspecified atom stereocenters. The van der Waals surface area contributed by atoms with Gasteiger partial charge in [-0.25, -0.2) is 0 Å². The number of nitrogens with zero attached hydrogens (tertiary/aromatic N) is 3. The molecule has 2 amide bonds. The van der Waals surface area contributed by atoms with Crippen LogP contribution in [0.15, 0.2) is 42.7 Å². The minimum Gasteiger partial charge on any atom is -0.355 e. The van der Waals surface area contributed by atoms with Crippen LogP contribution in [0.4, 0.5) is 5.69 Å². The van der Waals surface area contributed by atoms with Gasteiger partial charge in [0.25, 0.3) is 0 Å². The molecule has 1 saturated heterocycles. The van der Waals surface area contributed by atoms with Gasteiger partial charge in [-0.2, -0.15) is 5.10 Å². The summed E-state index contributed by atoms with van der Waals surface area (Å²) in [4.78, 5) is 26.0. The van der Waals surface area contributed by atoms with Crippen molar-refractivity contribution in [3.63, 3.8) is 0 Å². The van der Waals surface area contributed by atoms with E-state index in [1.807, 2.05) is 30.3 Å². The first-order chi connectivity index (χ1) is 11.1. The highest BCUT2D eigenvalue weighted by Crippen LogP contribution is 2.24. The second kappa shape index (κ2) is 6.64. The van der Waals surface area contributed by atoms with Crippen LogP contribution in [0.5, 0.6) is 0 Å². The highest BCUT2D eigenvalue weighted by Gasteiger charge is 2.35. The van der Waals surface area contributed by atoms with Crippen molar-refractivity contribution in [1.82, 2.24) is 15.1 Å². The van der Waals surface area contributed by atoms with Gasteiger partial charge in [0.1, 0.15) is 0 Å². The van der Waals surface area contributed by atoms with E-state index in [1.54, 1.807) is 29.0 Å². The lowest BCUT2D eigenvalue weighted by atomic mass is 10.1. The summed E-state index contributed by atoms with van der Waals surface area (Å²) in [5, 5.41) is 7.00. The lowest BCUT2D eigenvalue weighted by Gasteiger charge is -2.14. The molecule has 6 nitrogen and oxygen atoms in total. The summed E-state index contributed by atoms with van der Waals surface area (Å²) in [6.45, 7) is 1.00. The quantitative estimate of drug-likeness (QED) is 0.900. The Hall–Kier alpha value is -2.63. The van der Waals surface area contributed by atoms with Crippen LogP contribution in [0, 0.1) is 5.92 Å². The summed E-state index contributed by atoms with van der Waals surface area (Å²) < 4.78 is 1.65. The van der Waals surface area contributed by atoms with Gasteiger partial charge in [-0.3, -0.25) is 14.3 Å². The van der Waals surface area contributed by atoms with Crippen LogP contribution in [0.3, 0.4) is 0 Å². The number of hydrogen-bond donors (Lipinski definition) is 1. The standard InChI is InChI=1S/C17H20N4O2/c1-20-12-15(10-19-20)21-11-14(9-16(21)22)17(23)18-8-7-13-5-3-2-4-6-13/h2-6,10,12,14H,7-9,11H2,1H3,(H,18,23)/t14-/m1/s1. The normalized spacial score (nSPS) is 17.5. The molecule has 23 heavy (non-hydrogen) atoms. The number of amides is 2. The summed E-state index contributed by atoms with van der Waals surface area (Å²) in [7, 11) is 1.80. The molecule has 0 aliphatic carbocycles. The Kier molecular flexibility index (Phi) is 4.41. The van der Waals surface area contributed by atoms with E-state index in [4.69, 9.17) is 0 Å². The number of benzene rings is 1. The average molecular weight is 312 g/mol. The molecule has 2 heterocycles. The highest BCUT2D eigenvalue weighted by molar-refractivity contribution is 6.00. The van der Waals surface area contributed by atoms with Crippen molar-refractivity contribution in [2.75, 3.05) is 18.0 Å². The summed E-state index contributed by atoms with van der Waals surface area (Å²) in [6, 6.07) is 10.0. The van der Waals surface area contributed by atoms with E-state index in [0.717, 1.165) is 12.1 Å². The topological polar surface area (TPSA) is 67.2 Å². The number of hydrogen-bond acceptors (Lipinski definition) is 3. The summed E-state index contributed by atoms with van der Waals surface area (Å²) in [6.07, 6.45) is 4.48. The van der Waals surface area contributed by atoms with Crippen molar-refractivity contribution in [2.45, 2.75) is 12.8 Å². The van der Waals surface area contributed by atoms with Crippen molar-refractivity contribution in [3.8, 4) is 0 Å². The molecule has 1 atom stereocenters. The first-order valence-electron chi connectivity index (χ1n) is 7.74. The van der Waals surface area contributed by atoms with Crippen molar-refractivity contribution >= 4 is 17.5 Å². The number of aryl methyl sites for hydroxylation is 1. The van der Waals surface area contributed by atoms with Gasteiger partial charge in [-0.05, 0) is 12.0 Å². The van der Waals surface area contributed by atoms with Gasteiger partial charge >= 0.3 is 0 Å². The van der Waals surface area contributed by atoms with Crippen molar-refractivity contribution < 1.29 is 9.59 Å². The first-order valence-corrected chi connectivity index (χ1v) is 7.74. The van der Waals surface area contributed by atoms with Crippen LogP contribution in [0.25, 0.3) is 0 Å². The smallest absolute Gasteiger partial charge is 0.227 e. The van der Waals surface area contributed by atoms with E-state index in [9.17, 15) is 9.59 Å². The summed E-state index contributed by atoms with van der Waals surface area (Å²) in [5.74, 6) is -0.375. The van der Waals surface area contributed by atoms with Gasteiger partial charge in [0.2, 0.25) is 11.8 Å². The molecule has 0 saturated carbocycles. The molecule has 0 bridgehead atoms. The summed E-state index contributed by atoms with van der Waals surface area (Å²) >= 11 is 0. The maximum atomic E-state index is 12.3. The van der Waals surface area contributed by atoms with Crippen LogP contribution in [0.2, 0.25) is 0 Å². The molecular formula is C17H20N4O2.